The lowest BCUT2D eigenvalue weighted by Crippen LogP contribution is -2.28. The number of rotatable bonds is 5. The Morgan fingerprint density at radius 1 is 0.853 bits per heavy atom. The van der Waals surface area contributed by atoms with E-state index in [1.165, 1.54) is 4.68 Å². The Kier molecular flexibility index (Phi) is 5.91. The highest BCUT2D eigenvalue weighted by Gasteiger charge is 2.21. The number of nitrogens with zero attached hydrogens (tertiary/aromatic N) is 3. The number of amides is 2. The van der Waals surface area contributed by atoms with Gasteiger partial charge in [-0.05, 0) is 42.7 Å². The number of nitrogens with one attached hydrogen (secondary N) is 1. The van der Waals surface area contributed by atoms with Gasteiger partial charge in [-0.1, -0.05) is 54.6 Å². The van der Waals surface area contributed by atoms with Crippen LogP contribution < -0.4 is 10.9 Å². The molecule has 0 spiro atoms. The summed E-state index contributed by atoms with van der Waals surface area (Å²) < 4.78 is 1.32. The monoisotopic (exact) mass is 452 g/mol. The quantitative estimate of drug-likeness (QED) is 0.497. The fraction of sp³-hybridized carbons (Fsp3) is 0.185. The summed E-state index contributed by atoms with van der Waals surface area (Å²) >= 11 is 0. The highest BCUT2D eigenvalue weighted by atomic mass is 16.2. The number of aromatic nitrogens is 2. The highest BCUT2D eigenvalue weighted by Crippen LogP contribution is 2.19. The number of benzene rings is 3. The van der Waals surface area contributed by atoms with E-state index in [2.05, 4.69) is 10.4 Å². The molecule has 0 unspecified atom stereocenters. The molecule has 0 bridgehead atoms. The second kappa shape index (κ2) is 9.31. The predicted molar refractivity (Wildman–Crippen MR) is 131 cm³/mol. The lowest BCUT2D eigenvalue weighted by molar-refractivity contribution is 0.0792. The molecule has 1 aliphatic heterocycles. The molecule has 5 rings (SSSR count). The fourth-order valence-electron chi connectivity index (χ4n) is 4.29. The maximum atomic E-state index is 13.3. The predicted octanol–water partition coefficient (Wildman–Crippen LogP) is 3.93. The molecule has 0 radical (unpaired) electrons. The molecule has 7 heteroatoms. The molecule has 7 nitrogen and oxygen atoms in total. The summed E-state index contributed by atoms with van der Waals surface area (Å²) in [5.74, 6) is -0.475. The van der Waals surface area contributed by atoms with Gasteiger partial charge in [-0.3, -0.25) is 14.4 Å². The van der Waals surface area contributed by atoms with E-state index < -0.39 is 5.91 Å². The zero-order valence-electron chi connectivity index (χ0n) is 18.6. The number of likely N-dealkylation sites (tertiary alicyclic amines) is 1. The van der Waals surface area contributed by atoms with Gasteiger partial charge in [-0.15, -0.1) is 0 Å². The minimum atomic E-state index is -0.441. The number of anilines is 1. The Morgan fingerprint density at radius 2 is 1.56 bits per heavy atom. The van der Waals surface area contributed by atoms with E-state index in [1.54, 1.807) is 48.5 Å². The van der Waals surface area contributed by atoms with Crippen molar-refractivity contribution in [3.05, 3.63) is 106 Å². The summed E-state index contributed by atoms with van der Waals surface area (Å²) in [6.45, 7) is 1.77. The number of carbonyl (C=O) groups is 2. The Balaban J connectivity index is 1.47. The highest BCUT2D eigenvalue weighted by molar-refractivity contribution is 6.11. The second-order valence-electron chi connectivity index (χ2n) is 8.38. The van der Waals surface area contributed by atoms with Crippen molar-refractivity contribution in [1.29, 1.82) is 0 Å². The molecule has 1 N–H and O–H groups in total. The van der Waals surface area contributed by atoms with Gasteiger partial charge in [0.15, 0.2) is 5.69 Å². The topological polar surface area (TPSA) is 84.3 Å². The van der Waals surface area contributed by atoms with Gasteiger partial charge in [0.2, 0.25) is 0 Å². The van der Waals surface area contributed by atoms with Gasteiger partial charge in [0.05, 0.1) is 11.9 Å². The zero-order valence-corrected chi connectivity index (χ0v) is 18.6. The van der Waals surface area contributed by atoms with Crippen molar-refractivity contribution in [3.8, 4) is 0 Å². The number of hydrogen-bond donors (Lipinski definition) is 1. The first-order valence-electron chi connectivity index (χ1n) is 11.3. The van der Waals surface area contributed by atoms with Crippen LogP contribution in [0.25, 0.3) is 10.8 Å². The van der Waals surface area contributed by atoms with Gasteiger partial charge >= 0.3 is 0 Å². The fourth-order valence-corrected chi connectivity index (χ4v) is 4.29. The summed E-state index contributed by atoms with van der Waals surface area (Å²) in [5, 5.41) is 8.20. The summed E-state index contributed by atoms with van der Waals surface area (Å²) in [6, 6.07) is 23.4. The van der Waals surface area contributed by atoms with Gasteiger partial charge in [-0.25, -0.2) is 4.68 Å². The molecule has 2 amide bonds. The Morgan fingerprint density at radius 3 is 2.32 bits per heavy atom. The molecule has 170 valence electrons. The third-order valence-electron chi connectivity index (χ3n) is 6.02. The number of carbonyl (C=O) groups excluding carboxylic acids is 2. The van der Waals surface area contributed by atoms with Gasteiger partial charge in [0.25, 0.3) is 17.4 Å². The van der Waals surface area contributed by atoms with E-state index >= 15 is 0 Å². The normalized spacial score (nSPS) is 13.2. The van der Waals surface area contributed by atoms with E-state index in [4.69, 9.17) is 0 Å². The van der Waals surface area contributed by atoms with Crippen LogP contribution in [0.3, 0.4) is 0 Å². The third kappa shape index (κ3) is 4.32. The average molecular weight is 453 g/mol. The maximum Gasteiger partial charge on any atom is 0.276 e. The largest absolute Gasteiger partial charge is 0.339 e. The standard InChI is InChI=1S/C27H24N4O3/c32-25(28-21-12-8-11-20(17-21)26(33)30-15-6-7-16-30)24-22-13-4-5-14-23(22)27(34)31(29-24)18-19-9-2-1-3-10-19/h1-5,8-14,17H,6-7,15-16,18H2,(H,28,32). The van der Waals surface area contributed by atoms with Crippen LogP contribution in [0.1, 0.15) is 39.3 Å². The van der Waals surface area contributed by atoms with Crippen LogP contribution in [0.15, 0.2) is 83.7 Å². The molecule has 1 aromatic heterocycles. The van der Waals surface area contributed by atoms with Gasteiger partial charge in [-0.2, -0.15) is 5.10 Å². The summed E-state index contributed by atoms with van der Waals surface area (Å²) in [5.41, 5.74) is 1.84. The van der Waals surface area contributed by atoms with Crippen molar-refractivity contribution in [1.82, 2.24) is 14.7 Å². The van der Waals surface area contributed by atoms with E-state index in [0.717, 1.165) is 31.5 Å². The van der Waals surface area contributed by atoms with Crippen LogP contribution in [-0.2, 0) is 6.54 Å². The lowest BCUT2D eigenvalue weighted by Gasteiger charge is -2.16. The molecule has 3 aromatic carbocycles. The maximum absolute atomic E-state index is 13.3. The molecule has 2 heterocycles. The van der Waals surface area contributed by atoms with Crippen LogP contribution in [0.2, 0.25) is 0 Å². The summed E-state index contributed by atoms with van der Waals surface area (Å²) in [4.78, 5) is 40.9. The molecule has 1 fully saturated rings. The Bertz CT molecular complexity index is 1420. The minimum absolute atomic E-state index is 0.0337. The minimum Gasteiger partial charge on any atom is -0.339 e. The summed E-state index contributed by atoms with van der Waals surface area (Å²) in [7, 11) is 0. The molecule has 0 aliphatic carbocycles. The summed E-state index contributed by atoms with van der Waals surface area (Å²) in [6.07, 6.45) is 2.03. The number of hydrogen-bond acceptors (Lipinski definition) is 4. The molecule has 0 atom stereocenters. The number of fused-ring (bicyclic) bond motifs is 1. The molecule has 1 aliphatic rings. The molecular formula is C27H24N4O3. The molecule has 0 saturated carbocycles. The molecule has 4 aromatic rings. The van der Waals surface area contributed by atoms with Gasteiger partial charge < -0.3 is 10.2 Å². The van der Waals surface area contributed by atoms with E-state index in [0.29, 0.717) is 22.0 Å². The van der Waals surface area contributed by atoms with Crippen LogP contribution in [0.5, 0.6) is 0 Å². The SMILES string of the molecule is O=C(Nc1cccc(C(=O)N2CCCC2)c1)c1nn(Cc2ccccc2)c(=O)c2ccccc12. The smallest absolute Gasteiger partial charge is 0.276 e. The van der Waals surface area contributed by atoms with Crippen molar-refractivity contribution < 1.29 is 9.59 Å². The van der Waals surface area contributed by atoms with E-state index in [9.17, 15) is 14.4 Å². The van der Waals surface area contributed by atoms with Crippen molar-refractivity contribution in [2.24, 2.45) is 0 Å². The van der Waals surface area contributed by atoms with Crippen molar-refractivity contribution >= 4 is 28.3 Å². The van der Waals surface area contributed by atoms with Gasteiger partial charge in [0.1, 0.15) is 0 Å². The van der Waals surface area contributed by atoms with Crippen LogP contribution >= 0.6 is 0 Å². The van der Waals surface area contributed by atoms with E-state index in [-0.39, 0.29) is 23.7 Å². The first kappa shape index (κ1) is 21.6. The van der Waals surface area contributed by atoms with Crippen molar-refractivity contribution in [2.75, 3.05) is 18.4 Å². The first-order chi connectivity index (χ1) is 16.6. The second-order valence-corrected chi connectivity index (χ2v) is 8.38. The Hall–Kier alpha value is -4.26. The van der Waals surface area contributed by atoms with Crippen LogP contribution in [-0.4, -0.2) is 39.6 Å². The van der Waals surface area contributed by atoms with Crippen molar-refractivity contribution in [3.63, 3.8) is 0 Å². The van der Waals surface area contributed by atoms with Gasteiger partial charge in [0, 0.05) is 29.7 Å². The van der Waals surface area contributed by atoms with Crippen LogP contribution in [0.4, 0.5) is 5.69 Å². The lowest BCUT2D eigenvalue weighted by atomic mass is 10.1. The van der Waals surface area contributed by atoms with E-state index in [1.807, 2.05) is 35.2 Å². The third-order valence-corrected chi connectivity index (χ3v) is 6.02. The Labute approximate surface area is 196 Å². The van der Waals surface area contributed by atoms with Crippen molar-refractivity contribution in [2.45, 2.75) is 19.4 Å². The molecule has 34 heavy (non-hydrogen) atoms. The average Bonchev–Trinajstić information content (AvgIpc) is 3.41. The van der Waals surface area contributed by atoms with Crippen LogP contribution in [0, 0.1) is 0 Å². The zero-order chi connectivity index (χ0) is 23.5. The molecular weight excluding hydrogens is 428 g/mol. The first-order valence-corrected chi connectivity index (χ1v) is 11.3. The molecule has 1 saturated heterocycles.